The van der Waals surface area contributed by atoms with Crippen LogP contribution in [-0.2, 0) is 16.4 Å². The van der Waals surface area contributed by atoms with Crippen LogP contribution in [-0.4, -0.2) is 46.1 Å². The van der Waals surface area contributed by atoms with Crippen LogP contribution in [0.15, 0.2) is 47.4 Å². The van der Waals surface area contributed by atoms with Gasteiger partial charge in [-0.15, -0.1) is 0 Å². The van der Waals surface area contributed by atoms with Crippen LogP contribution in [0, 0.1) is 5.92 Å². The average Bonchev–Trinajstić information content (AvgIpc) is 2.81. The molecule has 0 amide bonds. The number of piperidine rings is 1. The standard InChI is InChI=1S/C25H34Cl2N2O3S/c1-2-3-17-32-22-6-8-23(9-7-22)33(30,31)28-13-4-14-29-15-11-20(12-16-29)18-21-5-10-24(26)25(27)19-21/h5-10,19-20,28H,2-4,11-18H2,1H3. The third-order valence-corrected chi connectivity index (χ3v) is 8.28. The van der Waals surface area contributed by atoms with Gasteiger partial charge in [-0.3, -0.25) is 0 Å². The fourth-order valence-electron chi connectivity index (χ4n) is 4.06. The van der Waals surface area contributed by atoms with E-state index in [1.54, 1.807) is 24.3 Å². The van der Waals surface area contributed by atoms with Crippen molar-refractivity contribution in [3.63, 3.8) is 0 Å². The largest absolute Gasteiger partial charge is 0.494 e. The van der Waals surface area contributed by atoms with Gasteiger partial charge in [0.1, 0.15) is 5.75 Å². The second kappa shape index (κ2) is 13.0. The van der Waals surface area contributed by atoms with Crippen LogP contribution in [0.1, 0.15) is 44.6 Å². The molecule has 182 valence electrons. The zero-order valence-corrected chi connectivity index (χ0v) is 21.6. The fourth-order valence-corrected chi connectivity index (χ4v) is 5.45. The number of nitrogens with one attached hydrogen (secondary N) is 1. The minimum atomic E-state index is -3.50. The fraction of sp³-hybridized carbons (Fsp3) is 0.520. The number of rotatable bonds is 12. The number of ether oxygens (including phenoxy) is 1. The molecule has 5 nitrogen and oxygen atoms in total. The molecule has 0 radical (unpaired) electrons. The molecule has 0 aromatic heterocycles. The predicted octanol–water partition coefficient (Wildman–Crippen LogP) is 5.80. The second-order valence-corrected chi connectivity index (χ2v) is 11.2. The minimum Gasteiger partial charge on any atom is -0.494 e. The lowest BCUT2D eigenvalue weighted by Crippen LogP contribution is -2.36. The maximum Gasteiger partial charge on any atom is 0.240 e. The molecule has 2 aromatic carbocycles. The number of hydrogen-bond donors (Lipinski definition) is 1. The van der Waals surface area contributed by atoms with Crippen molar-refractivity contribution in [3.05, 3.63) is 58.1 Å². The lowest BCUT2D eigenvalue weighted by Gasteiger charge is -2.32. The van der Waals surface area contributed by atoms with Gasteiger partial charge < -0.3 is 9.64 Å². The first kappa shape index (κ1) is 26.3. The molecule has 1 aliphatic rings. The molecule has 8 heteroatoms. The summed E-state index contributed by atoms with van der Waals surface area (Å²) in [6, 6.07) is 12.5. The van der Waals surface area contributed by atoms with E-state index < -0.39 is 10.0 Å². The van der Waals surface area contributed by atoms with Gasteiger partial charge in [-0.1, -0.05) is 42.6 Å². The molecule has 1 heterocycles. The monoisotopic (exact) mass is 512 g/mol. The molecular weight excluding hydrogens is 479 g/mol. The molecule has 0 unspecified atom stereocenters. The van der Waals surface area contributed by atoms with E-state index in [2.05, 4.69) is 22.6 Å². The van der Waals surface area contributed by atoms with Crippen LogP contribution < -0.4 is 9.46 Å². The minimum absolute atomic E-state index is 0.272. The van der Waals surface area contributed by atoms with Crippen LogP contribution in [0.5, 0.6) is 5.75 Å². The molecule has 0 atom stereocenters. The highest BCUT2D eigenvalue weighted by Gasteiger charge is 2.20. The van der Waals surface area contributed by atoms with E-state index in [0.29, 0.717) is 34.9 Å². The topological polar surface area (TPSA) is 58.6 Å². The number of hydrogen-bond acceptors (Lipinski definition) is 4. The van der Waals surface area contributed by atoms with Gasteiger partial charge in [0, 0.05) is 6.54 Å². The zero-order valence-electron chi connectivity index (χ0n) is 19.2. The Kier molecular flexibility index (Phi) is 10.3. The average molecular weight is 514 g/mol. The van der Waals surface area contributed by atoms with E-state index in [4.69, 9.17) is 27.9 Å². The van der Waals surface area contributed by atoms with E-state index in [1.807, 2.05) is 12.1 Å². The molecule has 0 aliphatic carbocycles. The summed E-state index contributed by atoms with van der Waals surface area (Å²) < 4.78 is 33.4. The van der Waals surface area contributed by atoms with Crippen LogP contribution in [0.3, 0.4) is 0 Å². The lowest BCUT2D eigenvalue weighted by atomic mass is 9.90. The second-order valence-electron chi connectivity index (χ2n) is 8.66. The van der Waals surface area contributed by atoms with Crippen molar-refractivity contribution in [2.45, 2.75) is 50.3 Å². The zero-order chi connectivity index (χ0) is 23.7. The summed E-state index contributed by atoms with van der Waals surface area (Å²) in [4.78, 5) is 2.69. The summed E-state index contributed by atoms with van der Waals surface area (Å²) in [5.41, 5.74) is 1.23. The molecule has 1 aliphatic heterocycles. The maximum atomic E-state index is 12.5. The molecule has 0 spiro atoms. The Morgan fingerprint density at radius 1 is 1.03 bits per heavy atom. The molecule has 0 saturated carbocycles. The van der Waals surface area contributed by atoms with Crippen LogP contribution in [0.2, 0.25) is 10.0 Å². The van der Waals surface area contributed by atoms with Gasteiger partial charge in [-0.25, -0.2) is 13.1 Å². The van der Waals surface area contributed by atoms with Crippen LogP contribution in [0.25, 0.3) is 0 Å². The molecule has 1 fully saturated rings. The Morgan fingerprint density at radius 3 is 2.42 bits per heavy atom. The van der Waals surface area contributed by atoms with Crippen molar-refractivity contribution >= 4 is 33.2 Å². The van der Waals surface area contributed by atoms with E-state index in [1.165, 1.54) is 5.56 Å². The van der Waals surface area contributed by atoms with Gasteiger partial charge in [0.05, 0.1) is 21.5 Å². The van der Waals surface area contributed by atoms with Gasteiger partial charge in [0.2, 0.25) is 10.0 Å². The Hall–Kier alpha value is -1.31. The van der Waals surface area contributed by atoms with Crippen molar-refractivity contribution in [3.8, 4) is 5.75 Å². The van der Waals surface area contributed by atoms with Crippen molar-refractivity contribution in [2.75, 3.05) is 32.8 Å². The van der Waals surface area contributed by atoms with E-state index in [9.17, 15) is 8.42 Å². The number of sulfonamides is 1. The van der Waals surface area contributed by atoms with Crippen LogP contribution in [0.4, 0.5) is 0 Å². The number of unbranched alkanes of at least 4 members (excludes halogenated alkanes) is 1. The lowest BCUT2D eigenvalue weighted by molar-refractivity contribution is 0.183. The highest BCUT2D eigenvalue weighted by Crippen LogP contribution is 2.27. The van der Waals surface area contributed by atoms with E-state index in [0.717, 1.165) is 58.2 Å². The SMILES string of the molecule is CCCCOc1ccc(S(=O)(=O)NCCCN2CCC(Cc3ccc(Cl)c(Cl)c3)CC2)cc1. The van der Waals surface area contributed by atoms with Gasteiger partial charge >= 0.3 is 0 Å². The Bertz CT molecular complexity index is 976. The summed E-state index contributed by atoms with van der Waals surface area (Å²) in [6.07, 6.45) is 6.13. The van der Waals surface area contributed by atoms with Crippen molar-refractivity contribution < 1.29 is 13.2 Å². The maximum absolute atomic E-state index is 12.5. The molecule has 2 aromatic rings. The number of nitrogens with zero attached hydrogens (tertiary/aromatic N) is 1. The van der Waals surface area contributed by atoms with Gasteiger partial charge in [-0.05, 0) is 99.6 Å². The van der Waals surface area contributed by atoms with E-state index >= 15 is 0 Å². The summed E-state index contributed by atoms with van der Waals surface area (Å²) >= 11 is 12.1. The Labute approximate surface area is 208 Å². The molecule has 33 heavy (non-hydrogen) atoms. The third-order valence-electron chi connectivity index (χ3n) is 6.06. The quantitative estimate of drug-likeness (QED) is 0.365. The first-order valence-corrected chi connectivity index (χ1v) is 14.0. The van der Waals surface area contributed by atoms with Crippen molar-refractivity contribution in [1.82, 2.24) is 9.62 Å². The number of halogens is 2. The predicted molar refractivity (Wildman–Crippen MR) is 136 cm³/mol. The molecule has 1 saturated heterocycles. The molecular formula is C25H34Cl2N2O3S. The highest BCUT2D eigenvalue weighted by atomic mass is 35.5. The van der Waals surface area contributed by atoms with Gasteiger partial charge in [0.25, 0.3) is 0 Å². The summed E-state index contributed by atoms with van der Waals surface area (Å²) in [7, 11) is -3.50. The smallest absolute Gasteiger partial charge is 0.240 e. The van der Waals surface area contributed by atoms with E-state index in [-0.39, 0.29) is 4.90 Å². The Morgan fingerprint density at radius 2 is 1.76 bits per heavy atom. The summed E-state index contributed by atoms with van der Waals surface area (Å²) in [5.74, 6) is 1.34. The van der Waals surface area contributed by atoms with Crippen molar-refractivity contribution in [1.29, 1.82) is 0 Å². The Balaban J connectivity index is 1.35. The normalized spacial score (nSPS) is 15.6. The summed E-state index contributed by atoms with van der Waals surface area (Å²) in [5, 5.41) is 1.21. The first-order valence-electron chi connectivity index (χ1n) is 11.8. The number of benzene rings is 2. The third kappa shape index (κ3) is 8.45. The highest BCUT2D eigenvalue weighted by molar-refractivity contribution is 7.89. The van der Waals surface area contributed by atoms with Crippen molar-refractivity contribution in [2.24, 2.45) is 5.92 Å². The summed E-state index contributed by atoms with van der Waals surface area (Å²) in [6.45, 7) is 6.16. The molecule has 1 N–H and O–H groups in total. The number of likely N-dealkylation sites (tertiary alicyclic amines) is 1. The first-order chi connectivity index (χ1) is 15.9. The molecule has 0 bridgehead atoms. The van der Waals surface area contributed by atoms with Crippen LogP contribution >= 0.6 is 23.2 Å². The van der Waals surface area contributed by atoms with Gasteiger partial charge in [0.15, 0.2) is 0 Å². The molecule has 3 rings (SSSR count). The van der Waals surface area contributed by atoms with Gasteiger partial charge in [-0.2, -0.15) is 0 Å².